The number of anilines is 1. The van der Waals surface area contributed by atoms with Crippen molar-refractivity contribution in [3.05, 3.63) is 64.7 Å². The lowest BCUT2D eigenvalue weighted by Gasteiger charge is -2.17. The number of benzene rings is 2. The Morgan fingerprint density at radius 1 is 1.03 bits per heavy atom. The van der Waals surface area contributed by atoms with Crippen LogP contribution in [0.25, 0.3) is 0 Å². The number of ketones is 1. The minimum absolute atomic E-state index is 0.127. The van der Waals surface area contributed by atoms with E-state index in [9.17, 15) is 18.0 Å². The van der Waals surface area contributed by atoms with Crippen LogP contribution in [-0.4, -0.2) is 32.5 Å². The van der Waals surface area contributed by atoms with E-state index in [0.29, 0.717) is 11.3 Å². The molecule has 0 aromatic heterocycles. The third-order valence-electron chi connectivity index (χ3n) is 4.91. The molecule has 1 aliphatic rings. The lowest BCUT2D eigenvalue weighted by atomic mass is 9.90. The van der Waals surface area contributed by atoms with E-state index in [4.69, 9.17) is 4.74 Å². The number of hydrogen-bond donors (Lipinski definition) is 1. The van der Waals surface area contributed by atoms with Gasteiger partial charge < -0.3 is 4.74 Å². The number of aryl methyl sites for hydroxylation is 2. The quantitative estimate of drug-likeness (QED) is 0.554. The van der Waals surface area contributed by atoms with Crippen molar-refractivity contribution in [2.75, 3.05) is 11.0 Å². The second kappa shape index (κ2) is 8.78. The van der Waals surface area contributed by atoms with Crippen molar-refractivity contribution >= 4 is 27.5 Å². The molecule has 0 radical (unpaired) electrons. The number of esters is 1. The second-order valence-corrected chi connectivity index (χ2v) is 9.18. The zero-order valence-corrected chi connectivity index (χ0v) is 17.4. The third kappa shape index (κ3) is 5.90. The molecule has 1 atom stereocenters. The molecular weight excluding hydrogens is 390 g/mol. The molecule has 29 heavy (non-hydrogen) atoms. The molecule has 0 heterocycles. The maximum atomic E-state index is 12.5. The van der Waals surface area contributed by atoms with Crippen molar-refractivity contribution in [2.24, 2.45) is 0 Å². The fourth-order valence-electron chi connectivity index (χ4n) is 3.51. The molecule has 7 heteroatoms. The summed E-state index contributed by atoms with van der Waals surface area (Å²) in [7, 11) is -3.38. The first-order valence-corrected chi connectivity index (χ1v) is 11.5. The average Bonchev–Trinajstić information content (AvgIpc) is 2.66. The van der Waals surface area contributed by atoms with Gasteiger partial charge in [-0.05, 0) is 73.6 Å². The van der Waals surface area contributed by atoms with Crippen molar-refractivity contribution in [3.8, 4) is 0 Å². The van der Waals surface area contributed by atoms with Crippen LogP contribution in [0.3, 0.4) is 0 Å². The van der Waals surface area contributed by atoms with E-state index >= 15 is 0 Å². The minimum Gasteiger partial charge on any atom is -0.454 e. The van der Waals surface area contributed by atoms with E-state index in [1.54, 1.807) is 0 Å². The van der Waals surface area contributed by atoms with Gasteiger partial charge in [0.2, 0.25) is 15.8 Å². The highest BCUT2D eigenvalue weighted by molar-refractivity contribution is 7.92. The highest BCUT2D eigenvalue weighted by atomic mass is 32.2. The van der Waals surface area contributed by atoms with Crippen LogP contribution in [0.1, 0.15) is 46.8 Å². The molecule has 154 valence electrons. The van der Waals surface area contributed by atoms with Gasteiger partial charge in [0.05, 0.1) is 12.7 Å². The smallest absolute Gasteiger partial charge is 0.310 e. The van der Waals surface area contributed by atoms with Gasteiger partial charge in [0.1, 0.15) is 0 Å². The number of Topliss-reactive ketones (excluding diaryl/α,β-unsaturated/α-hetero) is 1. The molecule has 0 bridgehead atoms. The van der Waals surface area contributed by atoms with E-state index in [-0.39, 0.29) is 12.2 Å². The Balaban J connectivity index is 1.58. The molecule has 0 amide bonds. The van der Waals surface area contributed by atoms with Gasteiger partial charge in [0.15, 0.2) is 6.10 Å². The molecule has 0 aliphatic heterocycles. The van der Waals surface area contributed by atoms with Gasteiger partial charge in [-0.1, -0.05) is 18.2 Å². The van der Waals surface area contributed by atoms with Crippen LogP contribution >= 0.6 is 0 Å². The number of rotatable bonds is 7. The van der Waals surface area contributed by atoms with Gasteiger partial charge in [0, 0.05) is 11.3 Å². The third-order valence-corrected chi connectivity index (χ3v) is 5.52. The lowest BCUT2D eigenvalue weighted by Crippen LogP contribution is -2.25. The van der Waals surface area contributed by atoms with Crippen LogP contribution in [0.2, 0.25) is 0 Å². The Bertz CT molecular complexity index is 1010. The first kappa shape index (κ1) is 21.0. The van der Waals surface area contributed by atoms with E-state index < -0.39 is 22.1 Å². The van der Waals surface area contributed by atoms with Gasteiger partial charge in [-0.3, -0.25) is 14.3 Å². The van der Waals surface area contributed by atoms with Gasteiger partial charge >= 0.3 is 5.97 Å². The number of carbonyl (C=O) groups is 2. The molecule has 0 saturated heterocycles. The number of ether oxygens (including phenoxy) is 1. The van der Waals surface area contributed by atoms with E-state index in [2.05, 4.69) is 16.9 Å². The molecule has 6 nitrogen and oxygen atoms in total. The molecule has 2 aromatic rings. The normalized spacial score (nSPS) is 14.6. The van der Waals surface area contributed by atoms with Crippen LogP contribution in [0.5, 0.6) is 0 Å². The summed E-state index contributed by atoms with van der Waals surface area (Å²) in [6.07, 6.45) is 4.76. The molecule has 2 aromatic carbocycles. The molecule has 0 fully saturated rings. The van der Waals surface area contributed by atoms with Gasteiger partial charge in [-0.25, -0.2) is 8.42 Å². The fourth-order valence-corrected chi connectivity index (χ4v) is 4.07. The lowest BCUT2D eigenvalue weighted by molar-refractivity contribution is -0.145. The average molecular weight is 416 g/mol. The first-order valence-electron chi connectivity index (χ1n) is 9.63. The number of sulfonamides is 1. The number of nitrogens with one attached hydrogen (secondary N) is 1. The molecule has 1 aliphatic carbocycles. The van der Waals surface area contributed by atoms with Crippen LogP contribution < -0.4 is 4.72 Å². The van der Waals surface area contributed by atoms with Gasteiger partial charge in [-0.2, -0.15) is 0 Å². The standard InChI is InChI=1S/C22H25NO5S/c1-15(22(25)18-9-11-20(12-10-18)23-29(2,26)27)28-21(24)14-16-7-8-17-5-3-4-6-19(17)13-16/h7-13,15,23H,3-6,14H2,1-2H3/t15-/m1/s1. The monoisotopic (exact) mass is 415 g/mol. The molecule has 1 N–H and O–H groups in total. The highest BCUT2D eigenvalue weighted by Gasteiger charge is 2.20. The maximum Gasteiger partial charge on any atom is 0.310 e. The van der Waals surface area contributed by atoms with E-state index in [0.717, 1.165) is 24.7 Å². The summed E-state index contributed by atoms with van der Waals surface area (Å²) in [5.41, 5.74) is 4.25. The highest BCUT2D eigenvalue weighted by Crippen LogP contribution is 2.22. The number of carbonyl (C=O) groups excluding carboxylic acids is 2. The SMILES string of the molecule is C[C@@H](OC(=O)Cc1ccc2c(c1)CCCC2)C(=O)c1ccc(NS(C)(=O)=O)cc1. The second-order valence-electron chi connectivity index (χ2n) is 7.43. The molecule has 0 unspecified atom stereocenters. The molecule has 3 rings (SSSR count). The molecular formula is C22H25NO5S. The zero-order chi connectivity index (χ0) is 21.0. The van der Waals surface area contributed by atoms with Crippen LogP contribution in [-0.2, 0) is 38.8 Å². The number of hydrogen-bond acceptors (Lipinski definition) is 5. The first-order chi connectivity index (χ1) is 13.7. The van der Waals surface area contributed by atoms with Crippen LogP contribution in [0, 0.1) is 0 Å². The fraction of sp³-hybridized carbons (Fsp3) is 0.364. The largest absolute Gasteiger partial charge is 0.454 e. The summed E-state index contributed by atoms with van der Waals surface area (Å²) in [5, 5.41) is 0. The summed E-state index contributed by atoms with van der Waals surface area (Å²) >= 11 is 0. The van der Waals surface area contributed by atoms with Crippen molar-refractivity contribution in [2.45, 2.75) is 45.1 Å². The van der Waals surface area contributed by atoms with Crippen LogP contribution in [0.15, 0.2) is 42.5 Å². The van der Waals surface area contributed by atoms with E-state index in [1.165, 1.54) is 55.2 Å². The number of fused-ring (bicyclic) bond motifs is 1. The predicted octanol–water partition coefficient (Wildman–Crippen LogP) is 3.29. The molecule has 0 saturated carbocycles. The molecule has 0 spiro atoms. The summed E-state index contributed by atoms with van der Waals surface area (Å²) in [5.74, 6) is -0.785. The summed E-state index contributed by atoms with van der Waals surface area (Å²) in [4.78, 5) is 24.8. The van der Waals surface area contributed by atoms with Crippen LogP contribution in [0.4, 0.5) is 5.69 Å². The summed E-state index contributed by atoms with van der Waals surface area (Å²) < 4.78 is 30.1. The van der Waals surface area contributed by atoms with Gasteiger partial charge in [-0.15, -0.1) is 0 Å². The maximum absolute atomic E-state index is 12.5. The predicted molar refractivity (Wildman–Crippen MR) is 112 cm³/mol. The Kier molecular flexibility index (Phi) is 6.37. The van der Waals surface area contributed by atoms with Crippen molar-refractivity contribution in [3.63, 3.8) is 0 Å². The van der Waals surface area contributed by atoms with Crippen molar-refractivity contribution < 1.29 is 22.7 Å². The Hall–Kier alpha value is -2.67. The topological polar surface area (TPSA) is 89.5 Å². The summed E-state index contributed by atoms with van der Waals surface area (Å²) in [6.45, 7) is 1.54. The zero-order valence-electron chi connectivity index (χ0n) is 16.6. The van der Waals surface area contributed by atoms with Crippen molar-refractivity contribution in [1.82, 2.24) is 0 Å². The Labute approximate surface area is 171 Å². The summed E-state index contributed by atoms with van der Waals surface area (Å²) in [6, 6.07) is 12.1. The van der Waals surface area contributed by atoms with Gasteiger partial charge in [0.25, 0.3) is 0 Å². The minimum atomic E-state index is -3.38. The Morgan fingerprint density at radius 3 is 2.34 bits per heavy atom. The Morgan fingerprint density at radius 2 is 1.69 bits per heavy atom. The van der Waals surface area contributed by atoms with Crippen molar-refractivity contribution in [1.29, 1.82) is 0 Å². The van der Waals surface area contributed by atoms with E-state index in [1.807, 2.05) is 6.07 Å².